The molecule has 2 saturated heterocycles. The van der Waals surface area contributed by atoms with Gasteiger partial charge in [-0.3, -0.25) is 4.90 Å². The first kappa shape index (κ1) is 15.6. The van der Waals surface area contributed by atoms with Crippen LogP contribution in [0.25, 0.3) is 0 Å². The fourth-order valence-electron chi connectivity index (χ4n) is 3.57. The molecule has 122 valence electrons. The third-order valence-corrected chi connectivity index (χ3v) is 4.63. The summed E-state index contributed by atoms with van der Waals surface area (Å²) >= 11 is 0. The van der Waals surface area contributed by atoms with Gasteiger partial charge in [0.1, 0.15) is 17.4 Å². The molecule has 2 N–H and O–H groups in total. The van der Waals surface area contributed by atoms with E-state index in [9.17, 15) is 13.9 Å². The van der Waals surface area contributed by atoms with Crippen LogP contribution in [0.5, 0.6) is 5.75 Å². The maximum absolute atomic E-state index is 14.4. The van der Waals surface area contributed by atoms with Gasteiger partial charge in [-0.05, 0) is 18.8 Å². The summed E-state index contributed by atoms with van der Waals surface area (Å²) in [7, 11) is 0. The smallest absolute Gasteiger partial charge is 0.134 e. The maximum Gasteiger partial charge on any atom is 0.134 e. The lowest BCUT2D eigenvalue weighted by atomic mass is 9.85. The maximum atomic E-state index is 14.4. The van der Waals surface area contributed by atoms with Crippen molar-refractivity contribution in [2.75, 3.05) is 39.4 Å². The quantitative estimate of drug-likeness (QED) is 0.896. The molecular weight excluding hydrogens is 290 g/mol. The average Bonchev–Trinajstić information content (AvgIpc) is 2.52. The van der Waals surface area contributed by atoms with Crippen LogP contribution >= 0.6 is 0 Å². The molecule has 0 spiro atoms. The fraction of sp³-hybridized carbons (Fsp3) is 0.625. The zero-order chi connectivity index (χ0) is 15.5. The number of aromatic hydroxyl groups is 1. The number of hydrogen-bond donors (Lipinski definition) is 2. The molecule has 4 nitrogen and oxygen atoms in total. The largest absolute Gasteiger partial charge is 0.507 e. The average molecular weight is 312 g/mol. The Labute approximate surface area is 129 Å². The fourth-order valence-corrected chi connectivity index (χ4v) is 3.57. The molecule has 2 aliphatic heterocycles. The van der Waals surface area contributed by atoms with Crippen LogP contribution in [0.15, 0.2) is 12.1 Å². The summed E-state index contributed by atoms with van der Waals surface area (Å²) in [6.07, 6.45) is 1.65. The predicted molar refractivity (Wildman–Crippen MR) is 78.7 cm³/mol. The topological polar surface area (TPSA) is 44.7 Å². The number of phenols is 1. The Morgan fingerprint density at radius 1 is 1.18 bits per heavy atom. The highest BCUT2D eigenvalue weighted by molar-refractivity contribution is 5.37. The zero-order valence-corrected chi connectivity index (χ0v) is 12.5. The van der Waals surface area contributed by atoms with Crippen molar-refractivity contribution in [2.24, 2.45) is 5.92 Å². The molecule has 6 heteroatoms. The molecule has 0 bridgehead atoms. The van der Waals surface area contributed by atoms with E-state index in [0.29, 0.717) is 13.2 Å². The third kappa shape index (κ3) is 3.24. The second-order valence-corrected chi connectivity index (χ2v) is 6.00. The van der Waals surface area contributed by atoms with Crippen LogP contribution in [-0.4, -0.2) is 49.4 Å². The molecule has 0 unspecified atom stereocenters. The number of nitrogens with one attached hydrogen (secondary N) is 1. The van der Waals surface area contributed by atoms with Gasteiger partial charge in [0.25, 0.3) is 0 Å². The van der Waals surface area contributed by atoms with Crippen LogP contribution in [-0.2, 0) is 4.74 Å². The molecule has 0 amide bonds. The number of phenolic OH excluding ortho intramolecular Hbond substituents is 1. The predicted octanol–water partition coefficient (Wildman–Crippen LogP) is 2.04. The number of halogens is 2. The molecule has 22 heavy (non-hydrogen) atoms. The number of piperazine rings is 1. The van der Waals surface area contributed by atoms with Gasteiger partial charge in [0.2, 0.25) is 0 Å². The van der Waals surface area contributed by atoms with Gasteiger partial charge < -0.3 is 15.2 Å². The second-order valence-electron chi connectivity index (χ2n) is 6.00. The van der Waals surface area contributed by atoms with Gasteiger partial charge in [-0.25, -0.2) is 8.78 Å². The van der Waals surface area contributed by atoms with Crippen LogP contribution < -0.4 is 5.32 Å². The molecule has 2 fully saturated rings. The van der Waals surface area contributed by atoms with Crippen molar-refractivity contribution in [3.8, 4) is 5.75 Å². The summed E-state index contributed by atoms with van der Waals surface area (Å²) < 4.78 is 33.1. The molecular formula is C16H22F2N2O2. The van der Waals surface area contributed by atoms with Crippen molar-refractivity contribution in [2.45, 2.75) is 18.9 Å². The molecule has 1 aromatic rings. The molecule has 2 aliphatic rings. The summed E-state index contributed by atoms with van der Waals surface area (Å²) in [5.74, 6) is -1.48. The van der Waals surface area contributed by atoms with Gasteiger partial charge in [-0.15, -0.1) is 0 Å². The van der Waals surface area contributed by atoms with E-state index in [2.05, 4.69) is 10.2 Å². The van der Waals surface area contributed by atoms with Crippen molar-refractivity contribution in [1.82, 2.24) is 10.2 Å². The number of ether oxygens (including phenoxy) is 1. The Balaban J connectivity index is 1.96. The Hall–Kier alpha value is -1.24. The Morgan fingerprint density at radius 2 is 1.86 bits per heavy atom. The highest BCUT2D eigenvalue weighted by Crippen LogP contribution is 2.40. The van der Waals surface area contributed by atoms with Crippen LogP contribution in [0, 0.1) is 17.6 Å². The highest BCUT2D eigenvalue weighted by atomic mass is 19.1. The van der Waals surface area contributed by atoms with Crippen LogP contribution in [0.1, 0.15) is 24.4 Å². The Morgan fingerprint density at radius 3 is 2.50 bits per heavy atom. The summed E-state index contributed by atoms with van der Waals surface area (Å²) in [4.78, 5) is 2.20. The van der Waals surface area contributed by atoms with Crippen molar-refractivity contribution in [3.63, 3.8) is 0 Å². The Kier molecular flexibility index (Phi) is 4.90. The van der Waals surface area contributed by atoms with E-state index in [1.54, 1.807) is 0 Å². The van der Waals surface area contributed by atoms with E-state index >= 15 is 0 Å². The van der Waals surface area contributed by atoms with Crippen LogP contribution in [0.3, 0.4) is 0 Å². The first-order valence-corrected chi connectivity index (χ1v) is 7.87. The summed E-state index contributed by atoms with van der Waals surface area (Å²) in [5, 5.41) is 13.4. The van der Waals surface area contributed by atoms with Gasteiger partial charge in [-0.2, -0.15) is 0 Å². The molecule has 1 aromatic carbocycles. The van der Waals surface area contributed by atoms with Crippen LogP contribution in [0.2, 0.25) is 0 Å². The number of hydrogen-bond acceptors (Lipinski definition) is 4. The van der Waals surface area contributed by atoms with E-state index in [0.717, 1.165) is 51.2 Å². The molecule has 0 aliphatic carbocycles. The zero-order valence-electron chi connectivity index (χ0n) is 12.5. The van der Waals surface area contributed by atoms with Gasteiger partial charge in [0.15, 0.2) is 0 Å². The minimum absolute atomic E-state index is 0.206. The van der Waals surface area contributed by atoms with Crippen molar-refractivity contribution >= 4 is 0 Å². The molecule has 3 rings (SSSR count). The van der Waals surface area contributed by atoms with Crippen LogP contribution in [0.4, 0.5) is 8.78 Å². The van der Waals surface area contributed by atoms with Crippen molar-refractivity contribution in [1.29, 1.82) is 0 Å². The minimum atomic E-state index is -0.746. The second kappa shape index (κ2) is 6.89. The first-order valence-electron chi connectivity index (χ1n) is 7.87. The minimum Gasteiger partial charge on any atom is -0.507 e. The Bertz CT molecular complexity index is 474. The first-order chi connectivity index (χ1) is 10.7. The summed E-state index contributed by atoms with van der Waals surface area (Å²) in [6, 6.07) is 1.64. The lowest BCUT2D eigenvalue weighted by Gasteiger charge is -2.41. The van der Waals surface area contributed by atoms with Crippen molar-refractivity contribution < 1.29 is 18.6 Å². The standard InChI is InChI=1S/C16H22F2N2O2/c17-12-9-13(18)15(14(21)10-12)16(11-1-7-22-8-2-11)20-5-3-19-4-6-20/h9-11,16,19,21H,1-8H2/t16-/m1/s1. The van der Waals surface area contributed by atoms with E-state index in [4.69, 9.17) is 4.74 Å². The van der Waals surface area contributed by atoms with E-state index in [-0.39, 0.29) is 23.3 Å². The van der Waals surface area contributed by atoms with Gasteiger partial charge >= 0.3 is 0 Å². The number of nitrogens with zero attached hydrogens (tertiary/aromatic N) is 1. The number of benzene rings is 1. The molecule has 2 heterocycles. The molecule has 1 atom stereocenters. The summed E-state index contributed by atoms with van der Waals surface area (Å²) in [5.41, 5.74) is 0.232. The molecule has 0 saturated carbocycles. The van der Waals surface area contributed by atoms with Gasteiger partial charge in [0, 0.05) is 63.1 Å². The number of rotatable bonds is 3. The van der Waals surface area contributed by atoms with E-state index in [1.165, 1.54) is 0 Å². The van der Waals surface area contributed by atoms with Gasteiger partial charge in [0.05, 0.1) is 0 Å². The lowest BCUT2D eigenvalue weighted by molar-refractivity contribution is 0.0195. The third-order valence-electron chi connectivity index (χ3n) is 4.63. The molecule has 0 radical (unpaired) electrons. The monoisotopic (exact) mass is 312 g/mol. The normalized spacial score (nSPS) is 22.6. The van der Waals surface area contributed by atoms with E-state index in [1.807, 2.05) is 0 Å². The molecule has 0 aromatic heterocycles. The lowest BCUT2D eigenvalue weighted by Crippen LogP contribution is -2.47. The van der Waals surface area contributed by atoms with Crippen molar-refractivity contribution in [3.05, 3.63) is 29.3 Å². The summed E-state index contributed by atoms with van der Waals surface area (Å²) in [6.45, 7) is 4.55. The van der Waals surface area contributed by atoms with Gasteiger partial charge in [-0.1, -0.05) is 0 Å². The van der Waals surface area contributed by atoms with E-state index < -0.39 is 11.6 Å². The highest BCUT2D eigenvalue weighted by Gasteiger charge is 2.35. The SMILES string of the molecule is Oc1cc(F)cc(F)c1[C@@H](C1CCOCC1)N1CCNCC1.